The number of nitrogens with two attached hydrogens (primary N) is 1. The number of nitrogens with zero attached hydrogens (tertiary/aromatic N) is 2. The van der Waals surface area contributed by atoms with Crippen LogP contribution in [0.1, 0.15) is 18.0 Å². The lowest BCUT2D eigenvalue weighted by Crippen LogP contribution is -2.36. The molecule has 2 unspecified atom stereocenters. The van der Waals surface area contributed by atoms with E-state index in [-0.39, 0.29) is 6.04 Å². The fourth-order valence-corrected chi connectivity index (χ4v) is 2.89. The molecular weight excluding hydrogens is 238 g/mol. The number of ether oxygens (including phenoxy) is 1. The van der Waals surface area contributed by atoms with Gasteiger partial charge >= 0.3 is 0 Å². The van der Waals surface area contributed by atoms with E-state index < -0.39 is 0 Å². The number of hydrogen-bond donors (Lipinski definition) is 1. The van der Waals surface area contributed by atoms with Gasteiger partial charge in [-0.2, -0.15) is 0 Å². The lowest BCUT2D eigenvalue weighted by molar-refractivity contribution is 0.217. The second-order valence-corrected chi connectivity index (χ2v) is 5.39. The van der Waals surface area contributed by atoms with Crippen LogP contribution in [0.3, 0.4) is 0 Å². The first-order valence-electron chi connectivity index (χ1n) is 6.90. The van der Waals surface area contributed by atoms with E-state index in [1.807, 2.05) is 12.1 Å². The van der Waals surface area contributed by atoms with E-state index in [1.165, 1.54) is 12.0 Å². The van der Waals surface area contributed by atoms with Crippen LogP contribution in [0.4, 0.5) is 0 Å². The molecule has 1 aliphatic rings. The lowest BCUT2D eigenvalue weighted by Gasteiger charge is -2.29. The molecule has 0 amide bonds. The van der Waals surface area contributed by atoms with Crippen LogP contribution in [0.25, 0.3) is 0 Å². The average molecular weight is 263 g/mol. The molecule has 1 heterocycles. The van der Waals surface area contributed by atoms with Gasteiger partial charge in [-0.15, -0.1) is 0 Å². The normalized spacial score (nSPS) is 21.8. The molecule has 106 valence electrons. The summed E-state index contributed by atoms with van der Waals surface area (Å²) in [5.41, 5.74) is 7.22. The van der Waals surface area contributed by atoms with E-state index in [0.29, 0.717) is 12.6 Å². The van der Waals surface area contributed by atoms with Crippen molar-refractivity contribution >= 4 is 0 Å². The minimum atomic E-state index is 0.251. The molecule has 0 aromatic heterocycles. The van der Waals surface area contributed by atoms with Crippen molar-refractivity contribution in [3.05, 3.63) is 29.8 Å². The molecule has 4 heteroatoms. The zero-order chi connectivity index (χ0) is 13.8. The summed E-state index contributed by atoms with van der Waals surface area (Å²) in [5, 5.41) is 0. The minimum absolute atomic E-state index is 0.251. The molecule has 0 bridgehead atoms. The van der Waals surface area contributed by atoms with Gasteiger partial charge in [0.05, 0.1) is 13.2 Å². The Bertz CT molecular complexity index is 408. The van der Waals surface area contributed by atoms with Crippen molar-refractivity contribution in [1.82, 2.24) is 9.80 Å². The molecule has 0 radical (unpaired) electrons. The van der Waals surface area contributed by atoms with Gasteiger partial charge < -0.3 is 15.4 Å². The highest BCUT2D eigenvalue weighted by Gasteiger charge is 2.30. The largest absolute Gasteiger partial charge is 0.496 e. The second-order valence-electron chi connectivity index (χ2n) is 5.39. The van der Waals surface area contributed by atoms with Crippen molar-refractivity contribution in [3.63, 3.8) is 0 Å². The zero-order valence-electron chi connectivity index (χ0n) is 12.2. The summed E-state index contributed by atoms with van der Waals surface area (Å²) < 4.78 is 5.47. The van der Waals surface area contributed by atoms with Crippen molar-refractivity contribution in [3.8, 4) is 5.75 Å². The van der Waals surface area contributed by atoms with Crippen molar-refractivity contribution in [2.75, 3.05) is 40.8 Å². The molecular formula is C15H25N3O. The minimum Gasteiger partial charge on any atom is -0.496 e. The summed E-state index contributed by atoms with van der Waals surface area (Å²) in [6.07, 6.45) is 1.21. The second kappa shape index (κ2) is 6.37. The summed E-state index contributed by atoms with van der Waals surface area (Å²) in [6.45, 7) is 2.80. The standard InChI is InChI=1S/C15H25N3O/c1-17(2)12-8-9-18(11-12)14(10-16)13-6-4-5-7-15(13)19-3/h4-7,12,14H,8-11,16H2,1-3H3. The van der Waals surface area contributed by atoms with Crippen LogP contribution in [-0.2, 0) is 0 Å². The Labute approximate surface area is 116 Å². The van der Waals surface area contributed by atoms with Crippen molar-refractivity contribution < 1.29 is 4.74 Å². The Morgan fingerprint density at radius 3 is 2.74 bits per heavy atom. The summed E-state index contributed by atoms with van der Waals surface area (Å²) in [7, 11) is 6.02. The SMILES string of the molecule is COc1ccccc1C(CN)N1CCC(N(C)C)C1. The molecule has 4 nitrogen and oxygen atoms in total. The van der Waals surface area contributed by atoms with E-state index in [1.54, 1.807) is 7.11 Å². The first kappa shape index (κ1) is 14.3. The average Bonchev–Trinajstić information content (AvgIpc) is 2.90. The van der Waals surface area contributed by atoms with E-state index in [9.17, 15) is 0 Å². The van der Waals surface area contributed by atoms with Gasteiger partial charge in [-0.05, 0) is 26.6 Å². The van der Waals surface area contributed by atoms with Gasteiger partial charge in [0.2, 0.25) is 0 Å². The molecule has 2 N–H and O–H groups in total. The number of benzene rings is 1. The first-order chi connectivity index (χ1) is 9.17. The van der Waals surface area contributed by atoms with E-state index >= 15 is 0 Å². The number of para-hydroxylation sites is 1. The van der Waals surface area contributed by atoms with Crippen LogP contribution in [0.5, 0.6) is 5.75 Å². The van der Waals surface area contributed by atoms with Gasteiger partial charge in [-0.25, -0.2) is 0 Å². The highest BCUT2D eigenvalue weighted by molar-refractivity contribution is 5.36. The van der Waals surface area contributed by atoms with Gasteiger partial charge in [0.1, 0.15) is 5.75 Å². The molecule has 1 aliphatic heterocycles. The molecule has 1 saturated heterocycles. The monoisotopic (exact) mass is 263 g/mol. The number of rotatable bonds is 5. The molecule has 0 spiro atoms. The van der Waals surface area contributed by atoms with Crippen molar-refractivity contribution in [2.45, 2.75) is 18.5 Å². The van der Waals surface area contributed by atoms with E-state index in [2.05, 4.69) is 36.0 Å². The molecule has 1 aromatic rings. The predicted octanol–water partition coefficient (Wildman–Crippen LogP) is 1.33. The number of methoxy groups -OCH3 is 1. The van der Waals surface area contributed by atoms with Gasteiger partial charge in [-0.1, -0.05) is 18.2 Å². The van der Waals surface area contributed by atoms with Gasteiger partial charge in [0.15, 0.2) is 0 Å². The maximum atomic E-state index is 6.02. The summed E-state index contributed by atoms with van der Waals surface area (Å²) in [6, 6.07) is 9.07. The number of likely N-dealkylation sites (tertiary alicyclic amines) is 1. The van der Waals surface area contributed by atoms with Crippen LogP contribution in [0.15, 0.2) is 24.3 Å². The molecule has 0 aliphatic carbocycles. The fourth-order valence-electron chi connectivity index (χ4n) is 2.89. The molecule has 2 atom stereocenters. The molecule has 2 rings (SSSR count). The quantitative estimate of drug-likeness (QED) is 0.870. The predicted molar refractivity (Wildman–Crippen MR) is 78.5 cm³/mol. The zero-order valence-corrected chi connectivity index (χ0v) is 12.2. The van der Waals surface area contributed by atoms with Gasteiger partial charge in [-0.3, -0.25) is 4.90 Å². The van der Waals surface area contributed by atoms with Crippen molar-refractivity contribution in [2.24, 2.45) is 5.73 Å². The maximum Gasteiger partial charge on any atom is 0.123 e. The smallest absolute Gasteiger partial charge is 0.123 e. The number of likely N-dealkylation sites (N-methyl/N-ethyl adjacent to an activating group) is 1. The Morgan fingerprint density at radius 1 is 1.42 bits per heavy atom. The first-order valence-corrected chi connectivity index (χ1v) is 6.90. The van der Waals surface area contributed by atoms with Crippen LogP contribution in [0.2, 0.25) is 0 Å². The van der Waals surface area contributed by atoms with Crippen LogP contribution in [-0.4, -0.2) is 56.7 Å². The molecule has 1 fully saturated rings. The number of hydrogen-bond acceptors (Lipinski definition) is 4. The molecule has 19 heavy (non-hydrogen) atoms. The van der Waals surface area contributed by atoms with Crippen molar-refractivity contribution in [1.29, 1.82) is 0 Å². The third kappa shape index (κ3) is 3.08. The third-order valence-electron chi connectivity index (χ3n) is 4.09. The Balaban J connectivity index is 2.16. The maximum absolute atomic E-state index is 6.02. The highest BCUT2D eigenvalue weighted by Crippen LogP contribution is 2.31. The summed E-state index contributed by atoms with van der Waals surface area (Å²) >= 11 is 0. The lowest BCUT2D eigenvalue weighted by atomic mass is 10.0. The molecule has 1 aromatic carbocycles. The van der Waals surface area contributed by atoms with Crippen LogP contribution < -0.4 is 10.5 Å². The summed E-state index contributed by atoms with van der Waals surface area (Å²) in [4.78, 5) is 4.78. The van der Waals surface area contributed by atoms with E-state index in [4.69, 9.17) is 10.5 Å². The van der Waals surface area contributed by atoms with Gasteiger partial charge in [0.25, 0.3) is 0 Å². The summed E-state index contributed by atoms with van der Waals surface area (Å²) in [5.74, 6) is 0.936. The van der Waals surface area contributed by atoms with E-state index in [0.717, 1.165) is 18.8 Å². The fraction of sp³-hybridized carbons (Fsp3) is 0.600. The highest BCUT2D eigenvalue weighted by atomic mass is 16.5. The van der Waals surface area contributed by atoms with Crippen LogP contribution in [0, 0.1) is 0 Å². The molecule has 0 saturated carbocycles. The Kier molecular flexibility index (Phi) is 4.80. The third-order valence-corrected chi connectivity index (χ3v) is 4.09. The Morgan fingerprint density at radius 2 is 2.16 bits per heavy atom. The Hall–Kier alpha value is -1.10. The van der Waals surface area contributed by atoms with Gasteiger partial charge in [0, 0.05) is 31.2 Å². The van der Waals surface area contributed by atoms with Crippen LogP contribution >= 0.6 is 0 Å². The topological polar surface area (TPSA) is 41.7 Å².